The van der Waals surface area contributed by atoms with Crippen molar-refractivity contribution in [3.8, 4) is 5.75 Å². The number of urea groups is 1. The van der Waals surface area contributed by atoms with Gasteiger partial charge in [0.05, 0.1) is 12.0 Å². The molecule has 3 heterocycles. The zero-order valence-electron chi connectivity index (χ0n) is 19.0. The molecule has 186 valence electrons. The van der Waals surface area contributed by atoms with E-state index in [1.165, 1.54) is 0 Å². The van der Waals surface area contributed by atoms with Gasteiger partial charge in [0.1, 0.15) is 29.2 Å². The van der Waals surface area contributed by atoms with Gasteiger partial charge in [0.15, 0.2) is 17.5 Å². The van der Waals surface area contributed by atoms with Gasteiger partial charge in [0.25, 0.3) is 0 Å². The first-order valence-corrected chi connectivity index (χ1v) is 11.1. The summed E-state index contributed by atoms with van der Waals surface area (Å²) in [5.41, 5.74) is 1.31. The molecule has 2 aromatic rings. The van der Waals surface area contributed by atoms with Gasteiger partial charge in [-0.3, -0.25) is 4.79 Å². The fraction of sp³-hybridized carbons (Fsp3) is 0.240. The van der Waals surface area contributed by atoms with Crippen LogP contribution in [0.3, 0.4) is 0 Å². The van der Waals surface area contributed by atoms with E-state index in [0.29, 0.717) is 53.6 Å². The first kappa shape index (κ1) is 23.5. The number of fused-ring (bicyclic) bond motifs is 2. The lowest BCUT2D eigenvalue weighted by Crippen LogP contribution is -2.34. The first-order valence-electron chi connectivity index (χ1n) is 11.1. The van der Waals surface area contributed by atoms with Crippen LogP contribution in [0.25, 0.3) is 0 Å². The van der Waals surface area contributed by atoms with Gasteiger partial charge in [-0.25, -0.2) is 22.9 Å². The predicted molar refractivity (Wildman–Crippen MR) is 123 cm³/mol. The first-order chi connectivity index (χ1) is 17.2. The number of allylic oxidation sites excluding steroid dienone is 4. The molecule has 11 heteroatoms. The number of carbonyl (C=O) groups is 2. The molecule has 2 aliphatic heterocycles. The van der Waals surface area contributed by atoms with Crippen molar-refractivity contribution in [2.75, 3.05) is 10.6 Å². The second kappa shape index (κ2) is 9.06. The molecule has 3 atom stereocenters. The van der Waals surface area contributed by atoms with Crippen LogP contribution < -0.4 is 20.7 Å². The number of halogens is 3. The van der Waals surface area contributed by atoms with E-state index in [1.807, 2.05) is 0 Å². The van der Waals surface area contributed by atoms with Crippen molar-refractivity contribution in [2.45, 2.75) is 31.9 Å². The van der Waals surface area contributed by atoms with E-state index in [0.717, 1.165) is 5.56 Å². The molecule has 1 saturated heterocycles. The maximum atomic E-state index is 13.3. The molecule has 0 spiro atoms. The Balaban J connectivity index is 1.17. The summed E-state index contributed by atoms with van der Waals surface area (Å²) >= 11 is 0. The molecule has 0 bridgehead atoms. The van der Waals surface area contributed by atoms with E-state index in [1.54, 1.807) is 31.3 Å². The summed E-state index contributed by atoms with van der Waals surface area (Å²) in [5.74, 6) is -2.39. The fourth-order valence-electron chi connectivity index (χ4n) is 4.25. The second-order valence-corrected chi connectivity index (χ2v) is 8.61. The zero-order chi connectivity index (χ0) is 25.6. The van der Waals surface area contributed by atoms with Gasteiger partial charge in [-0.15, -0.1) is 0 Å². The Morgan fingerprint density at radius 2 is 2.03 bits per heavy atom. The fourth-order valence-corrected chi connectivity index (χ4v) is 4.25. The molecule has 1 aromatic heterocycles. The number of amides is 3. The molecule has 0 radical (unpaired) electrons. The average molecular weight is 498 g/mol. The summed E-state index contributed by atoms with van der Waals surface area (Å²) in [6.07, 6.45) is 5.60. The monoisotopic (exact) mass is 498 g/mol. The van der Waals surface area contributed by atoms with Gasteiger partial charge in [-0.2, -0.15) is 0 Å². The highest BCUT2D eigenvalue weighted by Crippen LogP contribution is 2.50. The van der Waals surface area contributed by atoms with E-state index in [2.05, 4.69) is 27.5 Å². The maximum Gasteiger partial charge on any atom is 0.319 e. The standard InChI is InChI=1S/C25H21F3N4O4/c1-11(35-18-7-8-29-24-14(18)4-6-19(33)31-24)3-5-17-12(2)20-22(23(20)36-17)32-25(34)30-13-9-15(26)21(28)16(27)10-13/h3,5,7-10,20,22-23H,2,4,6H2,1H3,(H,29,31,33)(H2,30,32,34)/b11-3+,17-5+/t20-,22-,23-/m0/s1. The topological polar surface area (TPSA) is 102 Å². The van der Waals surface area contributed by atoms with Crippen molar-refractivity contribution in [1.29, 1.82) is 0 Å². The number of nitrogens with zero attached hydrogens (tertiary/aromatic N) is 1. The third-order valence-corrected chi connectivity index (χ3v) is 6.09. The Hall–Kier alpha value is -4.28. The van der Waals surface area contributed by atoms with Crippen molar-refractivity contribution in [2.24, 2.45) is 5.92 Å². The summed E-state index contributed by atoms with van der Waals surface area (Å²) in [6, 6.07) is 2.05. The van der Waals surface area contributed by atoms with Crippen molar-refractivity contribution >= 4 is 23.4 Å². The lowest BCUT2D eigenvalue weighted by Gasteiger charge is -2.18. The highest BCUT2D eigenvalue weighted by molar-refractivity contribution is 5.93. The number of pyridine rings is 1. The average Bonchev–Trinajstić information content (AvgIpc) is 3.38. The zero-order valence-corrected chi connectivity index (χ0v) is 19.0. The van der Waals surface area contributed by atoms with Crippen LogP contribution in [0.4, 0.5) is 29.5 Å². The Morgan fingerprint density at radius 3 is 2.72 bits per heavy atom. The third kappa shape index (κ3) is 4.51. The lowest BCUT2D eigenvalue weighted by molar-refractivity contribution is -0.116. The molecule has 8 nitrogen and oxygen atoms in total. The van der Waals surface area contributed by atoms with Crippen LogP contribution in [0.2, 0.25) is 0 Å². The SMILES string of the molecule is C=C1/C(=C\C=C(/C)Oc2ccnc3c2CCC(=O)N3)O[C@@H]2[C@@H](NC(=O)Nc3cc(F)c(F)c(F)c3)[C@H]12. The summed E-state index contributed by atoms with van der Waals surface area (Å²) in [4.78, 5) is 27.9. The summed E-state index contributed by atoms with van der Waals surface area (Å²) < 4.78 is 51.5. The van der Waals surface area contributed by atoms with Crippen LogP contribution in [-0.2, 0) is 16.0 Å². The number of anilines is 2. The molecule has 1 aliphatic carbocycles. The maximum absolute atomic E-state index is 13.3. The molecule has 5 rings (SSSR count). The molecule has 3 N–H and O–H groups in total. The number of hydrogen-bond acceptors (Lipinski definition) is 5. The molecule has 2 fully saturated rings. The van der Waals surface area contributed by atoms with Crippen LogP contribution >= 0.6 is 0 Å². The normalized spacial score (nSPS) is 23.4. The molecule has 3 amide bonds. The largest absolute Gasteiger partial charge is 0.487 e. The van der Waals surface area contributed by atoms with Gasteiger partial charge >= 0.3 is 6.03 Å². The van der Waals surface area contributed by atoms with E-state index >= 15 is 0 Å². The van der Waals surface area contributed by atoms with Crippen molar-refractivity contribution in [1.82, 2.24) is 10.3 Å². The van der Waals surface area contributed by atoms with Gasteiger partial charge in [-0.1, -0.05) is 6.58 Å². The van der Waals surface area contributed by atoms with E-state index in [-0.39, 0.29) is 29.7 Å². The number of ether oxygens (including phenoxy) is 2. The van der Waals surface area contributed by atoms with E-state index in [4.69, 9.17) is 9.47 Å². The van der Waals surface area contributed by atoms with Gasteiger partial charge < -0.3 is 25.4 Å². The van der Waals surface area contributed by atoms with Crippen molar-refractivity contribution in [3.63, 3.8) is 0 Å². The lowest BCUT2D eigenvalue weighted by atomic mass is 10.1. The molecular formula is C25H21F3N4O4. The highest BCUT2D eigenvalue weighted by atomic mass is 19.2. The third-order valence-electron chi connectivity index (χ3n) is 6.09. The number of benzene rings is 1. The van der Waals surface area contributed by atoms with Gasteiger partial charge in [-0.05, 0) is 37.1 Å². The molecular weight excluding hydrogens is 477 g/mol. The minimum absolute atomic E-state index is 0.0804. The quantitative estimate of drug-likeness (QED) is 0.421. The number of hydrogen-bond donors (Lipinski definition) is 3. The highest BCUT2D eigenvalue weighted by Gasteiger charge is 2.60. The van der Waals surface area contributed by atoms with Gasteiger partial charge in [0.2, 0.25) is 5.91 Å². The summed E-state index contributed by atoms with van der Waals surface area (Å²) in [6.45, 7) is 5.81. The second-order valence-electron chi connectivity index (χ2n) is 8.61. The smallest absolute Gasteiger partial charge is 0.319 e. The van der Waals surface area contributed by atoms with Crippen LogP contribution in [0.1, 0.15) is 18.9 Å². The van der Waals surface area contributed by atoms with Gasteiger partial charge in [0, 0.05) is 36.0 Å². The van der Waals surface area contributed by atoms with Crippen molar-refractivity contribution < 1.29 is 32.2 Å². The molecule has 0 unspecified atom stereocenters. The Morgan fingerprint density at radius 1 is 1.28 bits per heavy atom. The van der Waals surface area contributed by atoms with Crippen LogP contribution in [0, 0.1) is 23.4 Å². The number of carbonyl (C=O) groups excluding carboxylic acids is 2. The van der Waals surface area contributed by atoms with Crippen LogP contribution in [0.5, 0.6) is 5.75 Å². The van der Waals surface area contributed by atoms with E-state index < -0.39 is 23.5 Å². The summed E-state index contributed by atoms with van der Waals surface area (Å²) in [5, 5.41) is 7.66. The Labute approximate surface area is 203 Å². The predicted octanol–water partition coefficient (Wildman–Crippen LogP) is 4.33. The molecule has 1 aromatic carbocycles. The Kier molecular flexibility index (Phi) is 5.91. The number of aromatic nitrogens is 1. The number of rotatable bonds is 5. The number of nitrogens with one attached hydrogen (secondary N) is 3. The van der Waals surface area contributed by atoms with Crippen LogP contribution in [0.15, 0.2) is 60.2 Å². The Bertz CT molecular complexity index is 1330. The van der Waals surface area contributed by atoms with Crippen LogP contribution in [-0.4, -0.2) is 29.1 Å². The minimum atomic E-state index is -1.61. The molecule has 3 aliphatic rings. The molecule has 1 saturated carbocycles. The minimum Gasteiger partial charge on any atom is -0.487 e. The summed E-state index contributed by atoms with van der Waals surface area (Å²) in [7, 11) is 0. The molecule has 36 heavy (non-hydrogen) atoms. The van der Waals surface area contributed by atoms with E-state index in [9.17, 15) is 22.8 Å². The van der Waals surface area contributed by atoms with Crippen molar-refractivity contribution in [3.05, 3.63) is 83.2 Å².